The fourth-order valence-corrected chi connectivity index (χ4v) is 1.42. The number of aromatic nitrogens is 1. The van der Waals surface area contributed by atoms with Gasteiger partial charge >= 0.3 is 0 Å². The predicted molar refractivity (Wildman–Crippen MR) is 51.3 cm³/mol. The minimum absolute atomic E-state index is 0.529. The van der Waals surface area contributed by atoms with Crippen LogP contribution in [0.5, 0.6) is 0 Å². The SMILES string of the molecule is CCO/C=N/c1snc(C)c1C#N. The van der Waals surface area contributed by atoms with Gasteiger partial charge in [0.1, 0.15) is 11.6 Å². The van der Waals surface area contributed by atoms with Crippen molar-refractivity contribution < 1.29 is 4.74 Å². The summed E-state index contributed by atoms with van der Waals surface area (Å²) >= 11 is 1.20. The van der Waals surface area contributed by atoms with Gasteiger partial charge in [0.05, 0.1) is 12.3 Å². The van der Waals surface area contributed by atoms with E-state index in [2.05, 4.69) is 9.37 Å². The van der Waals surface area contributed by atoms with Crippen LogP contribution >= 0.6 is 11.5 Å². The first kappa shape index (κ1) is 9.68. The third-order valence-corrected chi connectivity index (χ3v) is 2.22. The molecule has 0 N–H and O–H groups in total. The van der Waals surface area contributed by atoms with Crippen molar-refractivity contribution >= 4 is 22.9 Å². The largest absolute Gasteiger partial charge is 0.483 e. The molecule has 4 nitrogen and oxygen atoms in total. The minimum atomic E-state index is 0.529. The Morgan fingerprint density at radius 1 is 1.77 bits per heavy atom. The zero-order valence-electron chi connectivity index (χ0n) is 7.44. The molecular formula is C8H9N3OS. The highest BCUT2D eigenvalue weighted by atomic mass is 32.1. The highest BCUT2D eigenvalue weighted by Gasteiger charge is 2.07. The standard InChI is InChI=1S/C8H9N3OS/c1-3-12-5-10-8-7(4-9)6(2)11-13-8/h5H,3H2,1-2H3/b10-5+. The molecule has 1 aromatic heterocycles. The molecule has 0 unspecified atom stereocenters. The van der Waals surface area contributed by atoms with E-state index in [-0.39, 0.29) is 0 Å². The molecule has 0 fully saturated rings. The van der Waals surface area contributed by atoms with E-state index >= 15 is 0 Å². The monoisotopic (exact) mass is 195 g/mol. The number of hydrogen-bond acceptors (Lipinski definition) is 5. The molecule has 0 saturated carbocycles. The fourth-order valence-electron chi connectivity index (χ4n) is 0.734. The van der Waals surface area contributed by atoms with Crippen LogP contribution in [0.25, 0.3) is 0 Å². The van der Waals surface area contributed by atoms with Crippen LogP contribution in [0, 0.1) is 18.3 Å². The van der Waals surface area contributed by atoms with E-state index in [9.17, 15) is 0 Å². The van der Waals surface area contributed by atoms with Gasteiger partial charge in [-0.3, -0.25) is 0 Å². The van der Waals surface area contributed by atoms with Crippen molar-refractivity contribution in [2.45, 2.75) is 13.8 Å². The van der Waals surface area contributed by atoms with Gasteiger partial charge in [-0.2, -0.15) is 9.64 Å². The van der Waals surface area contributed by atoms with Crippen LogP contribution in [0.15, 0.2) is 4.99 Å². The lowest BCUT2D eigenvalue weighted by Crippen LogP contribution is -1.83. The number of rotatable bonds is 3. The Labute approximate surface area is 80.7 Å². The van der Waals surface area contributed by atoms with Crippen molar-refractivity contribution in [1.29, 1.82) is 5.26 Å². The lowest BCUT2D eigenvalue weighted by atomic mass is 10.3. The molecule has 0 radical (unpaired) electrons. The molecule has 0 aliphatic heterocycles. The second-order valence-electron chi connectivity index (χ2n) is 2.25. The normalized spacial score (nSPS) is 10.2. The second-order valence-corrected chi connectivity index (χ2v) is 3.00. The molecule has 0 bridgehead atoms. The first-order valence-corrected chi connectivity index (χ1v) is 4.57. The zero-order chi connectivity index (χ0) is 9.68. The molecule has 13 heavy (non-hydrogen) atoms. The summed E-state index contributed by atoms with van der Waals surface area (Å²) in [4.78, 5) is 3.97. The van der Waals surface area contributed by atoms with Crippen molar-refractivity contribution in [2.75, 3.05) is 6.61 Å². The van der Waals surface area contributed by atoms with E-state index in [0.717, 1.165) is 5.69 Å². The molecule has 1 aromatic rings. The third kappa shape index (κ3) is 2.26. The second kappa shape index (κ2) is 4.58. The fraction of sp³-hybridized carbons (Fsp3) is 0.375. The van der Waals surface area contributed by atoms with E-state index in [1.807, 2.05) is 13.0 Å². The topological polar surface area (TPSA) is 58.3 Å². The number of aliphatic imine (C=N–C) groups is 1. The van der Waals surface area contributed by atoms with Crippen LogP contribution in [-0.2, 0) is 4.74 Å². The summed E-state index contributed by atoms with van der Waals surface area (Å²) < 4.78 is 8.94. The van der Waals surface area contributed by atoms with Gasteiger partial charge in [-0.1, -0.05) is 0 Å². The predicted octanol–water partition coefficient (Wildman–Crippen LogP) is 2.02. The molecule has 0 spiro atoms. The highest BCUT2D eigenvalue weighted by molar-refractivity contribution is 7.10. The Balaban J connectivity index is 2.84. The Bertz CT molecular complexity index is 351. The molecule has 0 saturated heterocycles. The van der Waals surface area contributed by atoms with Crippen LogP contribution in [0.2, 0.25) is 0 Å². The number of aryl methyl sites for hydroxylation is 1. The van der Waals surface area contributed by atoms with Crippen molar-refractivity contribution in [1.82, 2.24) is 4.37 Å². The average Bonchev–Trinajstić information content (AvgIpc) is 2.47. The molecule has 0 aliphatic carbocycles. The van der Waals surface area contributed by atoms with Crippen molar-refractivity contribution in [3.8, 4) is 6.07 Å². The lowest BCUT2D eigenvalue weighted by Gasteiger charge is -1.90. The van der Waals surface area contributed by atoms with Gasteiger partial charge in [-0.25, -0.2) is 4.99 Å². The van der Waals surface area contributed by atoms with Crippen molar-refractivity contribution in [3.63, 3.8) is 0 Å². The summed E-state index contributed by atoms with van der Waals surface area (Å²) in [5.74, 6) is 0. The highest BCUT2D eigenvalue weighted by Crippen LogP contribution is 2.25. The van der Waals surface area contributed by atoms with Gasteiger partial charge in [0, 0.05) is 0 Å². The summed E-state index contributed by atoms with van der Waals surface area (Å²) in [5, 5.41) is 9.35. The van der Waals surface area contributed by atoms with E-state index < -0.39 is 0 Å². The molecule has 0 aromatic carbocycles. The Hall–Kier alpha value is -1.41. The van der Waals surface area contributed by atoms with Crippen LogP contribution in [-0.4, -0.2) is 17.4 Å². The molecule has 0 aliphatic rings. The van der Waals surface area contributed by atoms with E-state index in [4.69, 9.17) is 10.00 Å². The van der Waals surface area contributed by atoms with Crippen LogP contribution in [0.3, 0.4) is 0 Å². The molecule has 1 heterocycles. The molecule has 0 atom stereocenters. The lowest BCUT2D eigenvalue weighted by molar-refractivity contribution is 0.344. The first-order chi connectivity index (χ1) is 6.29. The summed E-state index contributed by atoms with van der Waals surface area (Å²) in [5.41, 5.74) is 1.25. The quantitative estimate of drug-likeness (QED) is 0.547. The Morgan fingerprint density at radius 2 is 2.54 bits per heavy atom. The van der Waals surface area contributed by atoms with E-state index in [1.165, 1.54) is 17.9 Å². The van der Waals surface area contributed by atoms with Crippen molar-refractivity contribution in [2.24, 2.45) is 4.99 Å². The molecule has 1 rings (SSSR count). The summed E-state index contributed by atoms with van der Waals surface area (Å²) in [7, 11) is 0. The first-order valence-electron chi connectivity index (χ1n) is 3.80. The van der Waals surface area contributed by atoms with Gasteiger partial charge in [0.2, 0.25) is 0 Å². The van der Waals surface area contributed by atoms with E-state index in [0.29, 0.717) is 17.2 Å². The van der Waals surface area contributed by atoms with Crippen LogP contribution in [0.1, 0.15) is 18.2 Å². The number of ether oxygens (including phenoxy) is 1. The van der Waals surface area contributed by atoms with Gasteiger partial charge in [0.25, 0.3) is 0 Å². The Morgan fingerprint density at radius 3 is 3.15 bits per heavy atom. The average molecular weight is 195 g/mol. The molecule has 5 heteroatoms. The molecule has 0 amide bonds. The maximum atomic E-state index is 8.75. The zero-order valence-corrected chi connectivity index (χ0v) is 8.26. The summed E-state index contributed by atoms with van der Waals surface area (Å²) in [6, 6.07) is 2.05. The van der Waals surface area contributed by atoms with Gasteiger partial charge in [0.15, 0.2) is 11.4 Å². The van der Waals surface area contributed by atoms with Gasteiger partial charge in [-0.05, 0) is 25.4 Å². The van der Waals surface area contributed by atoms with Crippen LogP contribution < -0.4 is 0 Å². The maximum Gasteiger partial charge on any atom is 0.175 e. The van der Waals surface area contributed by atoms with Gasteiger partial charge in [-0.15, -0.1) is 0 Å². The van der Waals surface area contributed by atoms with Crippen LogP contribution in [0.4, 0.5) is 5.00 Å². The maximum absolute atomic E-state index is 8.75. The van der Waals surface area contributed by atoms with Crippen molar-refractivity contribution in [3.05, 3.63) is 11.3 Å². The van der Waals surface area contributed by atoms with E-state index in [1.54, 1.807) is 6.92 Å². The Kier molecular flexibility index (Phi) is 3.41. The molecular weight excluding hydrogens is 186 g/mol. The minimum Gasteiger partial charge on any atom is -0.483 e. The molecule has 68 valence electrons. The number of nitrogens with zero attached hydrogens (tertiary/aromatic N) is 3. The summed E-state index contributed by atoms with van der Waals surface area (Å²) in [6.45, 7) is 4.23. The summed E-state index contributed by atoms with van der Waals surface area (Å²) in [6.07, 6.45) is 1.34. The number of hydrogen-bond donors (Lipinski definition) is 0. The number of nitriles is 1. The third-order valence-electron chi connectivity index (χ3n) is 1.37. The smallest absolute Gasteiger partial charge is 0.175 e. The van der Waals surface area contributed by atoms with Gasteiger partial charge < -0.3 is 4.74 Å².